The lowest BCUT2D eigenvalue weighted by Crippen LogP contribution is -2.33. The summed E-state index contributed by atoms with van der Waals surface area (Å²) in [5, 5.41) is 3.35. The first-order chi connectivity index (χ1) is 7.27. The maximum absolute atomic E-state index is 11.8. The van der Waals surface area contributed by atoms with E-state index in [9.17, 15) is 4.79 Å². The van der Waals surface area contributed by atoms with Gasteiger partial charge in [-0.3, -0.25) is 9.78 Å². The van der Waals surface area contributed by atoms with Gasteiger partial charge in [0.05, 0.1) is 10.6 Å². The van der Waals surface area contributed by atoms with Crippen LogP contribution in [0.3, 0.4) is 0 Å². The molecule has 2 rings (SSSR count). The van der Waals surface area contributed by atoms with Crippen LogP contribution in [-0.2, 0) is 0 Å². The van der Waals surface area contributed by atoms with Gasteiger partial charge in [-0.1, -0.05) is 23.8 Å². The molecule has 0 saturated carbocycles. The van der Waals surface area contributed by atoms with E-state index in [1.165, 1.54) is 6.20 Å². The minimum atomic E-state index is -0.151. The van der Waals surface area contributed by atoms with Gasteiger partial charge in [-0.05, 0) is 18.9 Å². The number of nitrogens with zero attached hydrogens (tertiary/aromatic N) is 1. The maximum atomic E-state index is 11.8. The highest BCUT2D eigenvalue weighted by molar-refractivity contribution is 6.33. The Bertz CT molecular complexity index is 395. The van der Waals surface area contributed by atoms with Crippen LogP contribution in [0.5, 0.6) is 0 Å². The molecular formula is C11H11ClN2O. The Balaban J connectivity index is 2.05. The van der Waals surface area contributed by atoms with Gasteiger partial charge in [0.25, 0.3) is 5.91 Å². The molecule has 1 amide bonds. The molecule has 0 saturated heterocycles. The third-order valence-electron chi connectivity index (χ3n) is 2.36. The van der Waals surface area contributed by atoms with Crippen molar-refractivity contribution in [3.05, 3.63) is 41.2 Å². The number of aromatic nitrogens is 1. The average molecular weight is 223 g/mol. The highest BCUT2D eigenvalue weighted by Crippen LogP contribution is 2.15. The summed E-state index contributed by atoms with van der Waals surface area (Å²) >= 11 is 5.89. The van der Waals surface area contributed by atoms with E-state index in [4.69, 9.17) is 11.6 Å². The summed E-state index contributed by atoms with van der Waals surface area (Å²) in [4.78, 5) is 15.6. The average Bonchev–Trinajstić information content (AvgIpc) is 2.71. The first-order valence-corrected chi connectivity index (χ1v) is 5.20. The zero-order valence-electron chi connectivity index (χ0n) is 8.11. The van der Waals surface area contributed by atoms with Gasteiger partial charge in [0.2, 0.25) is 0 Å². The van der Waals surface area contributed by atoms with Gasteiger partial charge in [-0.2, -0.15) is 0 Å². The van der Waals surface area contributed by atoms with Crippen molar-refractivity contribution in [1.29, 1.82) is 0 Å². The van der Waals surface area contributed by atoms with Crippen molar-refractivity contribution < 1.29 is 4.79 Å². The Morgan fingerprint density at radius 1 is 1.47 bits per heavy atom. The summed E-state index contributed by atoms with van der Waals surface area (Å²) in [5.74, 6) is -0.151. The highest BCUT2D eigenvalue weighted by Gasteiger charge is 2.16. The number of nitrogens with one attached hydrogen (secondary N) is 1. The molecule has 1 aliphatic rings. The minimum Gasteiger partial charge on any atom is -0.349 e. The molecule has 0 aliphatic heterocycles. The molecule has 1 aromatic rings. The van der Waals surface area contributed by atoms with Gasteiger partial charge < -0.3 is 5.32 Å². The Kier molecular flexibility index (Phi) is 3.02. The summed E-state index contributed by atoms with van der Waals surface area (Å²) in [6.07, 6.45) is 8.97. The van der Waals surface area contributed by atoms with Crippen LogP contribution in [0.4, 0.5) is 0 Å². The van der Waals surface area contributed by atoms with Gasteiger partial charge >= 0.3 is 0 Å². The van der Waals surface area contributed by atoms with Gasteiger partial charge in [-0.15, -0.1) is 0 Å². The second kappa shape index (κ2) is 4.45. The van der Waals surface area contributed by atoms with E-state index in [0.717, 1.165) is 12.8 Å². The van der Waals surface area contributed by atoms with E-state index in [1.54, 1.807) is 12.3 Å². The fourth-order valence-electron chi connectivity index (χ4n) is 1.54. The first kappa shape index (κ1) is 10.2. The SMILES string of the molecule is O=C(NC1CC=CC1)c1cnccc1Cl. The molecule has 0 fully saturated rings. The predicted octanol–water partition coefficient (Wildman–Crippen LogP) is 2.18. The molecule has 0 aromatic carbocycles. The molecule has 78 valence electrons. The predicted molar refractivity (Wildman–Crippen MR) is 58.9 cm³/mol. The number of hydrogen-bond acceptors (Lipinski definition) is 2. The standard InChI is InChI=1S/C11H11ClN2O/c12-10-5-6-13-7-9(10)11(15)14-8-3-1-2-4-8/h1-2,5-8H,3-4H2,(H,14,15). The van der Waals surface area contributed by atoms with Crippen LogP contribution in [0.25, 0.3) is 0 Å². The van der Waals surface area contributed by atoms with Crippen LogP contribution in [0.15, 0.2) is 30.6 Å². The Labute approximate surface area is 93.2 Å². The quantitative estimate of drug-likeness (QED) is 0.780. The van der Waals surface area contributed by atoms with Gasteiger partial charge in [0, 0.05) is 18.4 Å². The number of amides is 1. The van der Waals surface area contributed by atoms with E-state index in [-0.39, 0.29) is 11.9 Å². The van der Waals surface area contributed by atoms with Crippen LogP contribution in [-0.4, -0.2) is 16.9 Å². The molecule has 0 unspecified atom stereocenters. The minimum absolute atomic E-state index is 0.151. The van der Waals surface area contributed by atoms with Gasteiger partial charge in [-0.25, -0.2) is 0 Å². The molecule has 1 heterocycles. The number of pyridine rings is 1. The second-order valence-corrected chi connectivity index (χ2v) is 3.88. The lowest BCUT2D eigenvalue weighted by atomic mass is 10.2. The van der Waals surface area contributed by atoms with E-state index >= 15 is 0 Å². The second-order valence-electron chi connectivity index (χ2n) is 3.47. The Morgan fingerprint density at radius 2 is 2.20 bits per heavy atom. The molecule has 1 N–H and O–H groups in total. The molecule has 0 atom stereocenters. The highest BCUT2D eigenvalue weighted by atomic mass is 35.5. The lowest BCUT2D eigenvalue weighted by Gasteiger charge is -2.12. The van der Waals surface area contributed by atoms with Crippen molar-refractivity contribution in [2.45, 2.75) is 18.9 Å². The molecule has 0 radical (unpaired) electrons. The van der Waals surface area contributed by atoms with E-state index in [2.05, 4.69) is 22.5 Å². The first-order valence-electron chi connectivity index (χ1n) is 4.83. The monoisotopic (exact) mass is 222 g/mol. The Hall–Kier alpha value is -1.35. The number of carbonyl (C=O) groups excluding carboxylic acids is 1. The van der Waals surface area contributed by atoms with Crippen molar-refractivity contribution >= 4 is 17.5 Å². The normalized spacial score (nSPS) is 15.5. The molecule has 1 aromatic heterocycles. The summed E-state index contributed by atoms with van der Waals surface area (Å²) in [7, 11) is 0. The fourth-order valence-corrected chi connectivity index (χ4v) is 1.73. The fraction of sp³-hybridized carbons (Fsp3) is 0.273. The molecule has 0 spiro atoms. The van der Waals surface area contributed by atoms with Crippen molar-refractivity contribution in [3.63, 3.8) is 0 Å². The van der Waals surface area contributed by atoms with E-state index in [0.29, 0.717) is 10.6 Å². The van der Waals surface area contributed by atoms with E-state index in [1.807, 2.05) is 0 Å². The molecular weight excluding hydrogens is 212 g/mol. The summed E-state index contributed by atoms with van der Waals surface area (Å²) < 4.78 is 0. The lowest BCUT2D eigenvalue weighted by molar-refractivity contribution is 0.0939. The molecule has 1 aliphatic carbocycles. The third-order valence-corrected chi connectivity index (χ3v) is 2.69. The molecule has 4 heteroatoms. The topological polar surface area (TPSA) is 42.0 Å². The number of carbonyl (C=O) groups is 1. The van der Waals surface area contributed by atoms with Crippen molar-refractivity contribution in [3.8, 4) is 0 Å². The Morgan fingerprint density at radius 3 is 2.87 bits per heavy atom. The molecule has 3 nitrogen and oxygen atoms in total. The van der Waals surface area contributed by atoms with E-state index < -0.39 is 0 Å². The maximum Gasteiger partial charge on any atom is 0.254 e. The van der Waals surface area contributed by atoms with Gasteiger partial charge in [0.15, 0.2) is 0 Å². The van der Waals surface area contributed by atoms with Crippen molar-refractivity contribution in [2.24, 2.45) is 0 Å². The van der Waals surface area contributed by atoms with Crippen LogP contribution in [0.2, 0.25) is 5.02 Å². The van der Waals surface area contributed by atoms with Crippen molar-refractivity contribution in [1.82, 2.24) is 10.3 Å². The number of rotatable bonds is 2. The van der Waals surface area contributed by atoms with Crippen LogP contribution in [0, 0.1) is 0 Å². The summed E-state index contributed by atoms with van der Waals surface area (Å²) in [6, 6.07) is 1.82. The van der Waals surface area contributed by atoms with Crippen LogP contribution in [0.1, 0.15) is 23.2 Å². The van der Waals surface area contributed by atoms with Crippen LogP contribution >= 0.6 is 11.6 Å². The van der Waals surface area contributed by atoms with Crippen molar-refractivity contribution in [2.75, 3.05) is 0 Å². The summed E-state index contributed by atoms with van der Waals surface area (Å²) in [6.45, 7) is 0. The molecule has 0 bridgehead atoms. The zero-order chi connectivity index (χ0) is 10.7. The third kappa shape index (κ3) is 2.36. The zero-order valence-corrected chi connectivity index (χ0v) is 8.87. The molecule has 15 heavy (non-hydrogen) atoms. The largest absolute Gasteiger partial charge is 0.349 e. The van der Waals surface area contributed by atoms with Crippen LogP contribution < -0.4 is 5.32 Å². The smallest absolute Gasteiger partial charge is 0.254 e. The number of halogens is 1. The number of hydrogen-bond donors (Lipinski definition) is 1. The van der Waals surface area contributed by atoms with Gasteiger partial charge in [0.1, 0.15) is 0 Å². The summed E-state index contributed by atoms with van der Waals surface area (Å²) in [5.41, 5.74) is 0.436.